The molecule has 1 atom stereocenters. The molecule has 6 nitrogen and oxygen atoms in total. The molecule has 0 amide bonds. The number of rotatable bonds is 6. The van der Waals surface area contributed by atoms with Crippen LogP contribution >= 0.6 is 0 Å². The molecule has 0 saturated heterocycles. The van der Waals surface area contributed by atoms with Crippen LogP contribution in [-0.2, 0) is 4.74 Å². The largest absolute Gasteiger partial charge is 0.464 e. The summed E-state index contributed by atoms with van der Waals surface area (Å²) in [6, 6.07) is 0.151. The molecular formula is C11H17N3O3. The fraction of sp³-hybridized carbons (Fsp3) is 0.545. The minimum absolute atomic E-state index is 0.124. The molecule has 0 aromatic carbocycles. The first-order valence-electron chi connectivity index (χ1n) is 5.49. The van der Waals surface area contributed by atoms with Gasteiger partial charge in [0, 0.05) is 12.6 Å². The summed E-state index contributed by atoms with van der Waals surface area (Å²) in [6.07, 6.45) is 4.37. The van der Waals surface area contributed by atoms with Gasteiger partial charge in [-0.3, -0.25) is 0 Å². The van der Waals surface area contributed by atoms with E-state index in [0.29, 0.717) is 12.2 Å². The van der Waals surface area contributed by atoms with Crippen LogP contribution < -0.4 is 5.32 Å². The van der Waals surface area contributed by atoms with Crippen molar-refractivity contribution in [3.8, 4) is 0 Å². The van der Waals surface area contributed by atoms with Crippen LogP contribution in [0.25, 0.3) is 0 Å². The van der Waals surface area contributed by atoms with Crippen molar-refractivity contribution in [2.24, 2.45) is 0 Å². The standard InChI is InChI=1S/C11H17N3O3/c1-3-8(4-5-15)14-10-7-12-9(6-13-10)11(16)17-2/h6-8,15H,3-5H2,1-2H3,(H,13,14). The second kappa shape index (κ2) is 6.80. The van der Waals surface area contributed by atoms with Crippen molar-refractivity contribution in [3.63, 3.8) is 0 Å². The normalized spacial score (nSPS) is 11.9. The molecule has 1 unspecified atom stereocenters. The van der Waals surface area contributed by atoms with E-state index in [4.69, 9.17) is 5.11 Å². The van der Waals surface area contributed by atoms with E-state index >= 15 is 0 Å². The predicted molar refractivity (Wildman–Crippen MR) is 62.8 cm³/mol. The summed E-state index contributed by atoms with van der Waals surface area (Å²) >= 11 is 0. The molecule has 1 aromatic rings. The van der Waals surface area contributed by atoms with Gasteiger partial charge in [0.05, 0.1) is 19.5 Å². The van der Waals surface area contributed by atoms with Gasteiger partial charge in [-0.25, -0.2) is 14.8 Å². The number of methoxy groups -OCH3 is 1. The van der Waals surface area contributed by atoms with E-state index in [2.05, 4.69) is 20.0 Å². The highest BCUT2D eigenvalue weighted by Gasteiger charge is 2.09. The Kier molecular flexibility index (Phi) is 5.35. The van der Waals surface area contributed by atoms with E-state index < -0.39 is 5.97 Å². The smallest absolute Gasteiger partial charge is 0.358 e. The number of nitrogens with one attached hydrogen (secondary N) is 1. The van der Waals surface area contributed by atoms with E-state index in [9.17, 15) is 4.79 Å². The van der Waals surface area contributed by atoms with Crippen LogP contribution in [0.5, 0.6) is 0 Å². The number of esters is 1. The summed E-state index contributed by atoms with van der Waals surface area (Å²) in [5.74, 6) is 0.0735. The van der Waals surface area contributed by atoms with Gasteiger partial charge in [0.2, 0.25) is 0 Å². The lowest BCUT2D eigenvalue weighted by Gasteiger charge is -2.15. The molecule has 0 aliphatic carbocycles. The fourth-order valence-electron chi connectivity index (χ4n) is 1.36. The summed E-state index contributed by atoms with van der Waals surface area (Å²) < 4.78 is 4.52. The number of aromatic nitrogens is 2. The maximum Gasteiger partial charge on any atom is 0.358 e. The second-order valence-electron chi connectivity index (χ2n) is 3.54. The monoisotopic (exact) mass is 239 g/mol. The second-order valence-corrected chi connectivity index (χ2v) is 3.54. The minimum Gasteiger partial charge on any atom is -0.464 e. The van der Waals surface area contributed by atoms with Crippen LogP contribution in [0.2, 0.25) is 0 Å². The molecule has 0 radical (unpaired) electrons. The van der Waals surface area contributed by atoms with E-state index in [0.717, 1.165) is 6.42 Å². The maximum atomic E-state index is 11.1. The summed E-state index contributed by atoms with van der Waals surface area (Å²) in [4.78, 5) is 19.1. The highest BCUT2D eigenvalue weighted by atomic mass is 16.5. The van der Waals surface area contributed by atoms with Gasteiger partial charge in [-0.15, -0.1) is 0 Å². The number of hydrogen-bond donors (Lipinski definition) is 2. The molecule has 6 heteroatoms. The van der Waals surface area contributed by atoms with Crippen molar-refractivity contribution >= 4 is 11.8 Å². The van der Waals surface area contributed by atoms with Crippen LogP contribution in [0.3, 0.4) is 0 Å². The fourth-order valence-corrected chi connectivity index (χ4v) is 1.36. The van der Waals surface area contributed by atoms with Crippen LogP contribution in [-0.4, -0.2) is 40.8 Å². The first kappa shape index (κ1) is 13.4. The average Bonchev–Trinajstić information content (AvgIpc) is 2.38. The number of aliphatic hydroxyl groups is 1. The predicted octanol–water partition coefficient (Wildman–Crippen LogP) is 0.836. The molecule has 2 N–H and O–H groups in total. The first-order chi connectivity index (χ1) is 8.21. The van der Waals surface area contributed by atoms with E-state index in [1.165, 1.54) is 19.5 Å². The quantitative estimate of drug-likeness (QED) is 0.715. The molecule has 0 saturated carbocycles. The van der Waals surface area contributed by atoms with Crippen molar-refractivity contribution in [2.45, 2.75) is 25.8 Å². The summed E-state index contributed by atoms with van der Waals surface area (Å²) in [6.45, 7) is 2.14. The van der Waals surface area contributed by atoms with Crippen molar-refractivity contribution in [3.05, 3.63) is 18.1 Å². The minimum atomic E-state index is -0.508. The van der Waals surface area contributed by atoms with Crippen LogP contribution in [0.4, 0.5) is 5.82 Å². The molecule has 1 heterocycles. The van der Waals surface area contributed by atoms with Crippen LogP contribution in [0.1, 0.15) is 30.3 Å². The Labute approximate surface area is 100 Å². The van der Waals surface area contributed by atoms with Gasteiger partial charge in [-0.05, 0) is 12.8 Å². The SMILES string of the molecule is CCC(CCO)Nc1cnc(C(=O)OC)cn1. The molecule has 0 aliphatic heterocycles. The number of anilines is 1. The number of carbonyl (C=O) groups is 1. The first-order valence-corrected chi connectivity index (χ1v) is 5.49. The number of ether oxygens (including phenoxy) is 1. The zero-order valence-electron chi connectivity index (χ0n) is 10.0. The van der Waals surface area contributed by atoms with Gasteiger partial charge in [-0.2, -0.15) is 0 Å². The van der Waals surface area contributed by atoms with Crippen molar-refractivity contribution in [2.75, 3.05) is 19.0 Å². The lowest BCUT2D eigenvalue weighted by atomic mass is 10.1. The number of carbonyl (C=O) groups excluding carboxylic acids is 1. The van der Waals surface area contributed by atoms with Crippen molar-refractivity contribution < 1.29 is 14.6 Å². The molecule has 17 heavy (non-hydrogen) atoms. The summed E-state index contributed by atoms with van der Waals surface area (Å²) in [7, 11) is 1.30. The van der Waals surface area contributed by atoms with E-state index in [1.54, 1.807) is 0 Å². The van der Waals surface area contributed by atoms with Gasteiger partial charge in [0.25, 0.3) is 0 Å². The highest BCUT2D eigenvalue weighted by molar-refractivity contribution is 5.86. The third-order valence-corrected chi connectivity index (χ3v) is 2.37. The van der Waals surface area contributed by atoms with E-state index in [1.807, 2.05) is 6.92 Å². The summed E-state index contributed by atoms with van der Waals surface area (Å²) in [5, 5.41) is 12.0. The molecule has 0 aliphatic rings. The topological polar surface area (TPSA) is 84.3 Å². The Bertz CT molecular complexity index is 353. The van der Waals surface area contributed by atoms with Crippen molar-refractivity contribution in [1.29, 1.82) is 0 Å². The van der Waals surface area contributed by atoms with Gasteiger partial charge in [0.1, 0.15) is 5.82 Å². The Hall–Kier alpha value is -1.69. The Balaban J connectivity index is 2.64. The molecular weight excluding hydrogens is 222 g/mol. The number of aliphatic hydroxyl groups excluding tert-OH is 1. The van der Waals surface area contributed by atoms with Crippen LogP contribution in [0.15, 0.2) is 12.4 Å². The van der Waals surface area contributed by atoms with Crippen LogP contribution in [0, 0.1) is 0 Å². The van der Waals surface area contributed by atoms with Gasteiger partial charge < -0.3 is 15.2 Å². The zero-order chi connectivity index (χ0) is 12.7. The number of nitrogens with zero attached hydrogens (tertiary/aromatic N) is 2. The van der Waals surface area contributed by atoms with E-state index in [-0.39, 0.29) is 18.3 Å². The molecule has 1 aromatic heterocycles. The molecule has 94 valence electrons. The molecule has 1 rings (SSSR count). The van der Waals surface area contributed by atoms with Gasteiger partial charge in [-0.1, -0.05) is 6.92 Å². The summed E-state index contributed by atoms with van der Waals surface area (Å²) in [5.41, 5.74) is 0.174. The Morgan fingerprint density at radius 3 is 2.76 bits per heavy atom. The molecule has 0 spiro atoms. The Morgan fingerprint density at radius 1 is 1.53 bits per heavy atom. The third-order valence-electron chi connectivity index (χ3n) is 2.37. The van der Waals surface area contributed by atoms with Gasteiger partial charge >= 0.3 is 5.97 Å². The Morgan fingerprint density at radius 2 is 2.29 bits per heavy atom. The third kappa shape index (κ3) is 3.99. The zero-order valence-corrected chi connectivity index (χ0v) is 10.0. The molecule has 0 bridgehead atoms. The van der Waals surface area contributed by atoms with Gasteiger partial charge in [0.15, 0.2) is 5.69 Å². The average molecular weight is 239 g/mol. The highest BCUT2D eigenvalue weighted by Crippen LogP contribution is 2.08. The lowest BCUT2D eigenvalue weighted by molar-refractivity contribution is 0.0593. The molecule has 0 fully saturated rings. The lowest BCUT2D eigenvalue weighted by Crippen LogP contribution is -2.20. The maximum absolute atomic E-state index is 11.1. The van der Waals surface area contributed by atoms with Crippen molar-refractivity contribution in [1.82, 2.24) is 9.97 Å². The number of hydrogen-bond acceptors (Lipinski definition) is 6.